The van der Waals surface area contributed by atoms with Gasteiger partial charge in [0.15, 0.2) is 5.79 Å². The Morgan fingerprint density at radius 1 is 1.33 bits per heavy atom. The fourth-order valence-corrected chi connectivity index (χ4v) is 1.83. The van der Waals surface area contributed by atoms with Crippen LogP contribution in [-0.4, -0.2) is 31.1 Å². The van der Waals surface area contributed by atoms with Crippen LogP contribution < -0.4 is 0 Å². The van der Waals surface area contributed by atoms with Gasteiger partial charge >= 0.3 is 5.97 Å². The first kappa shape index (κ1) is 15.4. The van der Waals surface area contributed by atoms with E-state index in [0.717, 1.165) is 19.3 Å². The molecule has 0 N–H and O–H groups in total. The van der Waals surface area contributed by atoms with E-state index in [2.05, 4.69) is 0 Å². The Kier molecular flexibility index (Phi) is 5.17. The van der Waals surface area contributed by atoms with E-state index >= 15 is 0 Å². The second-order valence-electron chi connectivity index (χ2n) is 5.50. The third-order valence-corrected chi connectivity index (χ3v) is 3.83. The first-order valence-corrected chi connectivity index (χ1v) is 6.88. The molecule has 0 amide bonds. The van der Waals surface area contributed by atoms with E-state index in [1.165, 1.54) is 0 Å². The van der Waals surface area contributed by atoms with Gasteiger partial charge in [-0.25, -0.2) is 0 Å². The van der Waals surface area contributed by atoms with Gasteiger partial charge in [0.25, 0.3) is 0 Å². The lowest BCUT2D eigenvalue weighted by molar-refractivity contribution is -0.181. The third-order valence-electron chi connectivity index (χ3n) is 3.83. The maximum atomic E-state index is 11.8. The molecule has 0 radical (unpaired) electrons. The van der Waals surface area contributed by atoms with Crippen molar-refractivity contribution in [3.8, 4) is 0 Å². The van der Waals surface area contributed by atoms with E-state index in [-0.39, 0.29) is 18.7 Å². The molecule has 0 spiro atoms. The molecule has 0 aromatic rings. The van der Waals surface area contributed by atoms with Crippen molar-refractivity contribution < 1.29 is 19.0 Å². The summed E-state index contributed by atoms with van der Waals surface area (Å²) >= 11 is 0. The van der Waals surface area contributed by atoms with Crippen LogP contribution in [0.2, 0.25) is 0 Å². The standard InChI is InChI=1S/C14H26O4/c1-6-13(4,5)12(15)16-9-11-10-17-14(7-2,8-3)18-11/h11H,6-10H2,1-5H3. The second kappa shape index (κ2) is 6.02. The number of ether oxygens (including phenoxy) is 3. The van der Waals surface area contributed by atoms with Crippen molar-refractivity contribution >= 4 is 5.97 Å². The van der Waals surface area contributed by atoms with Crippen LogP contribution in [0.15, 0.2) is 0 Å². The molecule has 1 atom stereocenters. The van der Waals surface area contributed by atoms with Crippen molar-refractivity contribution in [1.82, 2.24) is 0 Å². The molecule has 0 aliphatic carbocycles. The molecule has 1 aliphatic heterocycles. The van der Waals surface area contributed by atoms with E-state index in [1.807, 2.05) is 34.6 Å². The molecule has 1 saturated heterocycles. The molecule has 4 nitrogen and oxygen atoms in total. The van der Waals surface area contributed by atoms with E-state index in [4.69, 9.17) is 14.2 Å². The number of esters is 1. The highest BCUT2D eigenvalue weighted by Gasteiger charge is 2.39. The number of hydrogen-bond donors (Lipinski definition) is 0. The Morgan fingerprint density at radius 3 is 2.39 bits per heavy atom. The molecule has 1 fully saturated rings. The van der Waals surface area contributed by atoms with Crippen LogP contribution in [0.3, 0.4) is 0 Å². The number of carbonyl (C=O) groups excluding carboxylic acids is 1. The molecule has 18 heavy (non-hydrogen) atoms. The fourth-order valence-electron chi connectivity index (χ4n) is 1.83. The van der Waals surface area contributed by atoms with Gasteiger partial charge in [-0.05, 0) is 33.1 Å². The summed E-state index contributed by atoms with van der Waals surface area (Å²) in [5.41, 5.74) is -0.425. The highest BCUT2D eigenvalue weighted by molar-refractivity contribution is 5.75. The van der Waals surface area contributed by atoms with Gasteiger partial charge in [-0.2, -0.15) is 0 Å². The van der Waals surface area contributed by atoms with E-state index in [0.29, 0.717) is 6.61 Å². The summed E-state index contributed by atoms with van der Waals surface area (Å²) in [5.74, 6) is -0.642. The molecule has 106 valence electrons. The lowest BCUT2D eigenvalue weighted by Crippen LogP contribution is -2.32. The van der Waals surface area contributed by atoms with Crippen LogP contribution in [0.4, 0.5) is 0 Å². The normalized spacial score (nSPS) is 23.1. The zero-order valence-corrected chi connectivity index (χ0v) is 12.2. The minimum atomic E-state index is -0.475. The number of hydrogen-bond acceptors (Lipinski definition) is 4. The van der Waals surface area contributed by atoms with Crippen LogP contribution in [0.25, 0.3) is 0 Å². The van der Waals surface area contributed by atoms with Crippen molar-refractivity contribution in [2.45, 2.75) is 65.8 Å². The van der Waals surface area contributed by atoms with Gasteiger partial charge in [-0.1, -0.05) is 20.8 Å². The van der Waals surface area contributed by atoms with E-state index in [1.54, 1.807) is 0 Å². The van der Waals surface area contributed by atoms with Gasteiger partial charge in [0.05, 0.1) is 12.0 Å². The largest absolute Gasteiger partial charge is 0.462 e. The predicted octanol–water partition coefficient (Wildman–Crippen LogP) is 2.90. The quantitative estimate of drug-likeness (QED) is 0.687. The Labute approximate surface area is 110 Å². The minimum absolute atomic E-state index is 0.137. The van der Waals surface area contributed by atoms with Crippen LogP contribution in [0.1, 0.15) is 53.9 Å². The molecule has 0 saturated carbocycles. The van der Waals surface area contributed by atoms with Crippen molar-refractivity contribution in [2.75, 3.05) is 13.2 Å². The average molecular weight is 258 g/mol. The summed E-state index contributed by atoms with van der Waals surface area (Å²) in [5, 5.41) is 0. The van der Waals surface area contributed by atoms with Crippen molar-refractivity contribution in [3.63, 3.8) is 0 Å². The lowest BCUT2D eigenvalue weighted by Gasteiger charge is -2.25. The summed E-state index contributed by atoms with van der Waals surface area (Å²) < 4.78 is 16.8. The topological polar surface area (TPSA) is 44.8 Å². The van der Waals surface area contributed by atoms with E-state index in [9.17, 15) is 4.79 Å². The summed E-state index contributed by atoms with van der Waals surface area (Å²) in [6, 6.07) is 0. The molecular formula is C14H26O4. The maximum Gasteiger partial charge on any atom is 0.311 e. The first-order chi connectivity index (χ1) is 8.39. The molecule has 0 aromatic carbocycles. The number of carbonyl (C=O) groups is 1. The van der Waals surface area contributed by atoms with Gasteiger partial charge in [0, 0.05) is 0 Å². The average Bonchev–Trinajstić information content (AvgIpc) is 2.80. The van der Waals surface area contributed by atoms with Crippen LogP contribution in [0.5, 0.6) is 0 Å². The molecule has 1 unspecified atom stereocenters. The first-order valence-electron chi connectivity index (χ1n) is 6.88. The number of rotatable bonds is 6. The molecule has 0 aromatic heterocycles. The molecule has 0 bridgehead atoms. The smallest absolute Gasteiger partial charge is 0.311 e. The van der Waals surface area contributed by atoms with Crippen LogP contribution in [0, 0.1) is 5.41 Å². The summed E-state index contributed by atoms with van der Waals surface area (Å²) in [4.78, 5) is 11.8. The lowest BCUT2D eigenvalue weighted by atomic mass is 9.91. The molecule has 4 heteroatoms. The summed E-state index contributed by atoms with van der Waals surface area (Å²) in [6.07, 6.45) is 2.26. The molecule has 1 heterocycles. The van der Waals surface area contributed by atoms with Gasteiger partial charge in [-0.3, -0.25) is 4.79 Å². The SMILES string of the molecule is CCC1(CC)OCC(COC(=O)C(C)(C)CC)O1. The van der Waals surface area contributed by atoms with Crippen LogP contribution >= 0.6 is 0 Å². The van der Waals surface area contributed by atoms with Crippen molar-refractivity contribution in [1.29, 1.82) is 0 Å². The molecular weight excluding hydrogens is 232 g/mol. The van der Waals surface area contributed by atoms with Crippen LogP contribution in [-0.2, 0) is 19.0 Å². The minimum Gasteiger partial charge on any atom is -0.462 e. The highest BCUT2D eigenvalue weighted by Crippen LogP contribution is 2.30. The molecule has 1 rings (SSSR count). The zero-order chi connectivity index (χ0) is 13.8. The van der Waals surface area contributed by atoms with Gasteiger partial charge < -0.3 is 14.2 Å². The Bertz CT molecular complexity index is 282. The Morgan fingerprint density at radius 2 is 1.94 bits per heavy atom. The fraction of sp³-hybridized carbons (Fsp3) is 0.929. The van der Waals surface area contributed by atoms with Crippen molar-refractivity contribution in [3.05, 3.63) is 0 Å². The zero-order valence-electron chi connectivity index (χ0n) is 12.2. The summed E-state index contributed by atoms with van der Waals surface area (Å²) in [6.45, 7) is 10.6. The maximum absolute atomic E-state index is 11.8. The predicted molar refractivity (Wildman–Crippen MR) is 69.2 cm³/mol. The monoisotopic (exact) mass is 258 g/mol. The third kappa shape index (κ3) is 3.45. The second-order valence-corrected chi connectivity index (χ2v) is 5.50. The highest BCUT2D eigenvalue weighted by atomic mass is 16.8. The van der Waals surface area contributed by atoms with Gasteiger partial charge in [0.1, 0.15) is 12.7 Å². The van der Waals surface area contributed by atoms with Gasteiger partial charge in [-0.15, -0.1) is 0 Å². The van der Waals surface area contributed by atoms with E-state index < -0.39 is 11.2 Å². The van der Waals surface area contributed by atoms with Crippen molar-refractivity contribution in [2.24, 2.45) is 5.41 Å². The Balaban J connectivity index is 2.41. The van der Waals surface area contributed by atoms with Gasteiger partial charge in [0.2, 0.25) is 0 Å². The summed E-state index contributed by atoms with van der Waals surface area (Å²) in [7, 11) is 0. The molecule has 1 aliphatic rings. The Hall–Kier alpha value is -0.610.